The lowest BCUT2D eigenvalue weighted by molar-refractivity contribution is 0.110. The zero-order chi connectivity index (χ0) is 21.1. The summed E-state index contributed by atoms with van der Waals surface area (Å²) in [5.41, 5.74) is 3.37. The van der Waals surface area contributed by atoms with Crippen molar-refractivity contribution in [2.75, 3.05) is 32.9 Å². The molecule has 7 heteroatoms. The third-order valence-corrected chi connectivity index (χ3v) is 5.44. The van der Waals surface area contributed by atoms with E-state index in [0.717, 1.165) is 47.5 Å². The largest absolute Gasteiger partial charge is 0.491 e. The topological polar surface area (TPSA) is 67.8 Å². The zero-order valence-electron chi connectivity index (χ0n) is 18.3. The van der Waals surface area contributed by atoms with Crippen molar-refractivity contribution < 1.29 is 9.47 Å². The first-order valence-corrected chi connectivity index (χ1v) is 11.1. The fraction of sp³-hybridized carbons (Fsp3) is 0.545. The molecule has 0 bridgehead atoms. The summed E-state index contributed by atoms with van der Waals surface area (Å²) >= 11 is 1.77. The Hall–Kier alpha value is -2.12. The molecule has 0 atom stereocenters. The van der Waals surface area contributed by atoms with E-state index in [4.69, 9.17) is 14.5 Å². The number of nitrogens with zero attached hydrogens (tertiary/aromatic N) is 2. The van der Waals surface area contributed by atoms with Crippen LogP contribution in [-0.2, 0) is 17.7 Å². The number of hydrogen-bond donors (Lipinski definition) is 2. The number of rotatable bonds is 11. The summed E-state index contributed by atoms with van der Waals surface area (Å²) in [7, 11) is 0. The highest BCUT2D eigenvalue weighted by Crippen LogP contribution is 2.21. The number of ether oxygens (including phenoxy) is 2. The molecule has 0 spiro atoms. The van der Waals surface area contributed by atoms with Gasteiger partial charge >= 0.3 is 0 Å². The van der Waals surface area contributed by atoms with Crippen LogP contribution in [0.5, 0.6) is 5.75 Å². The Balaban J connectivity index is 1.96. The molecule has 0 saturated carbocycles. The molecule has 29 heavy (non-hydrogen) atoms. The van der Waals surface area contributed by atoms with Crippen molar-refractivity contribution in [2.45, 2.75) is 47.6 Å². The SMILES string of the molecule is CCNC(=NCc1ccc(C)cc1OCCOCC)NCCc1sc(C)nc1C. The van der Waals surface area contributed by atoms with Gasteiger partial charge in [-0.2, -0.15) is 0 Å². The van der Waals surface area contributed by atoms with E-state index in [0.29, 0.717) is 26.4 Å². The molecule has 0 aliphatic carbocycles. The average Bonchev–Trinajstić information content (AvgIpc) is 3.01. The van der Waals surface area contributed by atoms with Crippen LogP contribution in [0.1, 0.15) is 40.6 Å². The third kappa shape index (κ3) is 8.03. The standard InChI is InChI=1S/C22H34N4O2S/c1-6-23-22(24-11-10-21-17(4)26-18(5)29-21)25-15-19-9-8-16(3)14-20(19)28-13-12-27-7-2/h8-9,14H,6-7,10-13,15H2,1-5H3,(H2,23,24,25). The van der Waals surface area contributed by atoms with Gasteiger partial charge < -0.3 is 20.1 Å². The van der Waals surface area contributed by atoms with Crippen molar-refractivity contribution in [3.63, 3.8) is 0 Å². The molecule has 1 aromatic heterocycles. The van der Waals surface area contributed by atoms with Gasteiger partial charge in [0.15, 0.2) is 5.96 Å². The van der Waals surface area contributed by atoms with E-state index in [1.165, 1.54) is 10.4 Å². The Bertz CT molecular complexity index is 789. The summed E-state index contributed by atoms with van der Waals surface area (Å²) in [6, 6.07) is 6.24. The highest BCUT2D eigenvalue weighted by atomic mass is 32.1. The third-order valence-electron chi connectivity index (χ3n) is 4.31. The molecule has 0 aliphatic rings. The zero-order valence-corrected chi connectivity index (χ0v) is 19.1. The second kappa shape index (κ2) is 12.4. The Morgan fingerprint density at radius 2 is 1.97 bits per heavy atom. The van der Waals surface area contributed by atoms with Crippen molar-refractivity contribution in [2.24, 2.45) is 4.99 Å². The maximum Gasteiger partial charge on any atom is 0.191 e. The first-order chi connectivity index (χ1) is 14.0. The van der Waals surface area contributed by atoms with Crippen LogP contribution in [0.15, 0.2) is 23.2 Å². The molecule has 160 valence electrons. The van der Waals surface area contributed by atoms with E-state index in [9.17, 15) is 0 Å². The van der Waals surface area contributed by atoms with Gasteiger partial charge in [0.05, 0.1) is 23.9 Å². The van der Waals surface area contributed by atoms with Gasteiger partial charge in [-0.05, 0) is 46.2 Å². The molecular formula is C22H34N4O2S. The molecule has 0 fully saturated rings. The number of guanidine groups is 1. The van der Waals surface area contributed by atoms with E-state index >= 15 is 0 Å². The van der Waals surface area contributed by atoms with Gasteiger partial charge in [0.2, 0.25) is 0 Å². The van der Waals surface area contributed by atoms with Crippen molar-refractivity contribution in [3.8, 4) is 5.75 Å². The summed E-state index contributed by atoms with van der Waals surface area (Å²) in [5, 5.41) is 7.86. The van der Waals surface area contributed by atoms with Gasteiger partial charge in [0.1, 0.15) is 12.4 Å². The van der Waals surface area contributed by atoms with E-state index in [2.05, 4.69) is 61.5 Å². The highest BCUT2D eigenvalue weighted by molar-refractivity contribution is 7.11. The number of aliphatic imine (C=N–C) groups is 1. The average molecular weight is 419 g/mol. The Morgan fingerprint density at radius 3 is 2.66 bits per heavy atom. The number of hydrogen-bond acceptors (Lipinski definition) is 5. The molecule has 0 saturated heterocycles. The molecule has 0 unspecified atom stereocenters. The maximum atomic E-state index is 5.93. The molecular weight excluding hydrogens is 384 g/mol. The van der Waals surface area contributed by atoms with Gasteiger partial charge in [0.25, 0.3) is 0 Å². The number of aryl methyl sites for hydroxylation is 3. The molecule has 0 amide bonds. The lowest BCUT2D eigenvalue weighted by Crippen LogP contribution is -2.38. The van der Waals surface area contributed by atoms with E-state index in [1.54, 1.807) is 11.3 Å². The predicted octanol–water partition coefficient (Wildman–Crippen LogP) is 3.78. The Morgan fingerprint density at radius 1 is 1.14 bits per heavy atom. The minimum absolute atomic E-state index is 0.542. The molecule has 1 heterocycles. The molecule has 1 aromatic carbocycles. The molecule has 2 N–H and O–H groups in total. The van der Waals surface area contributed by atoms with Gasteiger partial charge in [-0.25, -0.2) is 9.98 Å². The van der Waals surface area contributed by atoms with Gasteiger partial charge in [-0.1, -0.05) is 12.1 Å². The minimum Gasteiger partial charge on any atom is -0.491 e. The summed E-state index contributed by atoms with van der Waals surface area (Å²) in [6.45, 7) is 14.3. The van der Waals surface area contributed by atoms with Crippen LogP contribution >= 0.6 is 11.3 Å². The fourth-order valence-electron chi connectivity index (χ4n) is 2.89. The molecule has 2 rings (SSSR count). The van der Waals surface area contributed by atoms with Crippen LogP contribution in [0.4, 0.5) is 0 Å². The van der Waals surface area contributed by atoms with Crippen molar-refractivity contribution >= 4 is 17.3 Å². The van der Waals surface area contributed by atoms with Gasteiger partial charge in [-0.3, -0.25) is 0 Å². The van der Waals surface area contributed by atoms with E-state index in [1.807, 2.05) is 6.92 Å². The highest BCUT2D eigenvalue weighted by Gasteiger charge is 2.07. The van der Waals surface area contributed by atoms with Gasteiger partial charge in [-0.15, -0.1) is 11.3 Å². The quantitative estimate of drug-likeness (QED) is 0.330. The number of aromatic nitrogens is 1. The summed E-state index contributed by atoms with van der Waals surface area (Å²) in [6.07, 6.45) is 0.943. The number of thiazole rings is 1. The van der Waals surface area contributed by atoms with Crippen molar-refractivity contribution in [1.82, 2.24) is 15.6 Å². The summed E-state index contributed by atoms with van der Waals surface area (Å²) in [5.74, 6) is 1.69. The maximum absolute atomic E-state index is 5.93. The molecule has 0 radical (unpaired) electrons. The van der Waals surface area contributed by atoms with Gasteiger partial charge in [0, 0.05) is 36.6 Å². The first kappa shape index (κ1) is 23.2. The van der Waals surface area contributed by atoms with Crippen LogP contribution in [0, 0.1) is 20.8 Å². The van der Waals surface area contributed by atoms with Crippen LogP contribution < -0.4 is 15.4 Å². The van der Waals surface area contributed by atoms with Crippen LogP contribution in [0.25, 0.3) is 0 Å². The number of benzene rings is 1. The van der Waals surface area contributed by atoms with Crippen molar-refractivity contribution in [1.29, 1.82) is 0 Å². The Labute approximate surface area is 178 Å². The lowest BCUT2D eigenvalue weighted by atomic mass is 10.1. The molecule has 0 aliphatic heterocycles. The Kier molecular flexibility index (Phi) is 9.94. The van der Waals surface area contributed by atoms with E-state index < -0.39 is 0 Å². The second-order valence-electron chi connectivity index (χ2n) is 6.77. The van der Waals surface area contributed by atoms with Crippen LogP contribution in [-0.4, -0.2) is 43.9 Å². The smallest absolute Gasteiger partial charge is 0.191 e. The predicted molar refractivity (Wildman–Crippen MR) is 121 cm³/mol. The second-order valence-corrected chi connectivity index (χ2v) is 8.06. The monoisotopic (exact) mass is 418 g/mol. The van der Waals surface area contributed by atoms with E-state index in [-0.39, 0.29) is 0 Å². The van der Waals surface area contributed by atoms with Crippen molar-refractivity contribution in [3.05, 3.63) is 44.9 Å². The summed E-state index contributed by atoms with van der Waals surface area (Å²) < 4.78 is 11.3. The minimum atomic E-state index is 0.542. The van der Waals surface area contributed by atoms with Crippen LogP contribution in [0.3, 0.4) is 0 Å². The molecule has 6 nitrogen and oxygen atoms in total. The normalized spacial score (nSPS) is 11.6. The number of nitrogens with one attached hydrogen (secondary N) is 2. The summed E-state index contributed by atoms with van der Waals surface area (Å²) in [4.78, 5) is 10.6. The lowest BCUT2D eigenvalue weighted by Gasteiger charge is -2.13. The fourth-order valence-corrected chi connectivity index (χ4v) is 3.82. The first-order valence-electron chi connectivity index (χ1n) is 10.3. The van der Waals surface area contributed by atoms with Crippen LogP contribution in [0.2, 0.25) is 0 Å². The molecule has 2 aromatic rings.